The first-order valence-corrected chi connectivity index (χ1v) is 10.6. The summed E-state index contributed by atoms with van der Waals surface area (Å²) >= 11 is 6.75. The van der Waals surface area contributed by atoms with Crippen molar-refractivity contribution in [1.82, 2.24) is 15.4 Å². The van der Waals surface area contributed by atoms with Crippen molar-refractivity contribution < 1.29 is 8.78 Å². The van der Waals surface area contributed by atoms with Crippen LogP contribution in [0.1, 0.15) is 22.6 Å². The van der Waals surface area contributed by atoms with Gasteiger partial charge in [-0.3, -0.25) is 0 Å². The van der Waals surface area contributed by atoms with Crippen molar-refractivity contribution in [2.75, 3.05) is 5.32 Å². The van der Waals surface area contributed by atoms with Crippen molar-refractivity contribution in [3.05, 3.63) is 31.7 Å². The predicted molar refractivity (Wildman–Crippen MR) is 104 cm³/mol. The Morgan fingerprint density at radius 3 is 2.92 bits per heavy atom. The van der Waals surface area contributed by atoms with Crippen molar-refractivity contribution >= 4 is 54.6 Å². The predicted octanol–water partition coefficient (Wildman–Crippen LogP) is 4.44. The van der Waals surface area contributed by atoms with Crippen LogP contribution in [0.5, 0.6) is 0 Å². The van der Waals surface area contributed by atoms with E-state index in [-0.39, 0.29) is 12.5 Å². The summed E-state index contributed by atoms with van der Waals surface area (Å²) in [6.45, 7) is 0.659. The van der Waals surface area contributed by atoms with Gasteiger partial charge in [-0.2, -0.15) is 0 Å². The van der Waals surface area contributed by atoms with Gasteiger partial charge in [-0.1, -0.05) is 6.07 Å². The molecule has 0 saturated heterocycles. The molecule has 1 aliphatic carbocycles. The van der Waals surface area contributed by atoms with Crippen LogP contribution in [0.25, 0.3) is 10.2 Å². The number of halogens is 3. The first-order valence-electron chi connectivity index (χ1n) is 8.14. The van der Waals surface area contributed by atoms with Crippen LogP contribution in [0.3, 0.4) is 0 Å². The van der Waals surface area contributed by atoms with Crippen molar-refractivity contribution in [2.45, 2.75) is 37.8 Å². The lowest BCUT2D eigenvalue weighted by molar-refractivity contribution is 0.0954. The average Bonchev–Trinajstić information content (AvgIpc) is 2.98. The van der Waals surface area contributed by atoms with Gasteiger partial charge in [-0.15, -0.1) is 32.9 Å². The maximum Gasteiger partial charge on any atom is 0.251 e. The lowest BCUT2D eigenvalue weighted by atomic mass is 10.1. The molecule has 0 aliphatic heterocycles. The standard InChI is InChI=1S/C16H16BrF2N5S2/c17-12-11(5-9(20)4-8-6-16(8,18)19)26-14-13(12)22-24-23-15(14)21-7-10-2-1-3-25-10/h1-3,8-9H,4-7,20H2,(H,21,22,23)/t8?,9-/m0/s1. The van der Waals surface area contributed by atoms with Gasteiger partial charge in [-0.05, 0) is 45.4 Å². The van der Waals surface area contributed by atoms with Crippen molar-refractivity contribution in [1.29, 1.82) is 0 Å². The van der Waals surface area contributed by atoms with E-state index >= 15 is 0 Å². The third-order valence-corrected chi connectivity index (χ3v) is 7.60. The fourth-order valence-electron chi connectivity index (χ4n) is 2.90. The zero-order valence-electron chi connectivity index (χ0n) is 13.6. The molecule has 10 heteroatoms. The fourth-order valence-corrected chi connectivity index (χ4v) is 5.54. The van der Waals surface area contributed by atoms with E-state index < -0.39 is 11.8 Å². The minimum atomic E-state index is -2.52. The molecular formula is C16H16BrF2N5S2. The summed E-state index contributed by atoms with van der Waals surface area (Å²) in [6, 6.07) is 3.74. The van der Waals surface area contributed by atoms with Crippen LogP contribution in [-0.4, -0.2) is 27.4 Å². The molecule has 4 rings (SSSR count). The summed E-state index contributed by atoms with van der Waals surface area (Å²) in [5.74, 6) is -2.43. The molecular weight excluding hydrogens is 444 g/mol. The van der Waals surface area contributed by atoms with Crippen molar-refractivity contribution in [3.8, 4) is 0 Å². The molecule has 0 aromatic carbocycles. The molecule has 3 aromatic rings. The molecule has 0 bridgehead atoms. The fraction of sp³-hybridized carbons (Fsp3) is 0.438. The molecule has 3 aromatic heterocycles. The van der Waals surface area contributed by atoms with Crippen LogP contribution in [0, 0.1) is 5.92 Å². The Kier molecular flexibility index (Phi) is 4.93. The minimum Gasteiger partial charge on any atom is -0.362 e. The smallest absolute Gasteiger partial charge is 0.251 e. The monoisotopic (exact) mass is 459 g/mol. The molecule has 26 heavy (non-hydrogen) atoms. The maximum absolute atomic E-state index is 13.1. The van der Waals surface area contributed by atoms with Gasteiger partial charge in [0.15, 0.2) is 5.82 Å². The van der Waals surface area contributed by atoms with E-state index in [0.29, 0.717) is 25.2 Å². The van der Waals surface area contributed by atoms with Gasteiger partial charge >= 0.3 is 0 Å². The highest BCUT2D eigenvalue weighted by Gasteiger charge is 2.56. The second-order valence-corrected chi connectivity index (χ2v) is 9.38. The summed E-state index contributed by atoms with van der Waals surface area (Å²) in [6.07, 6.45) is 0.820. The Hall–Kier alpha value is -1.23. The van der Waals surface area contributed by atoms with Crippen LogP contribution in [-0.2, 0) is 13.0 Å². The van der Waals surface area contributed by atoms with Gasteiger partial charge in [0.1, 0.15) is 10.2 Å². The number of alkyl halides is 2. The number of aromatic nitrogens is 3. The van der Waals surface area contributed by atoms with E-state index in [9.17, 15) is 8.78 Å². The minimum absolute atomic E-state index is 0.0412. The van der Waals surface area contributed by atoms with E-state index in [1.807, 2.05) is 17.5 Å². The van der Waals surface area contributed by atoms with Gasteiger partial charge in [0.25, 0.3) is 5.92 Å². The van der Waals surface area contributed by atoms with E-state index in [0.717, 1.165) is 19.6 Å². The van der Waals surface area contributed by atoms with Gasteiger partial charge in [-0.25, -0.2) is 8.78 Å². The second kappa shape index (κ2) is 7.06. The lowest BCUT2D eigenvalue weighted by Gasteiger charge is -2.09. The molecule has 138 valence electrons. The normalized spacial score (nSPS) is 19.6. The highest BCUT2D eigenvalue weighted by Crippen LogP contribution is 2.51. The molecule has 5 nitrogen and oxygen atoms in total. The molecule has 3 N–H and O–H groups in total. The second-order valence-electron chi connectivity index (χ2n) is 6.45. The Labute approximate surface area is 165 Å². The molecule has 1 saturated carbocycles. The number of nitrogens with two attached hydrogens (primary N) is 1. The third-order valence-electron chi connectivity index (χ3n) is 4.40. The maximum atomic E-state index is 13.1. The van der Waals surface area contributed by atoms with E-state index in [2.05, 4.69) is 36.7 Å². The quantitative estimate of drug-likeness (QED) is 0.546. The molecule has 2 atom stereocenters. The first kappa shape index (κ1) is 18.1. The van der Waals surface area contributed by atoms with Gasteiger partial charge in [0.05, 0.1) is 11.0 Å². The summed E-state index contributed by atoms with van der Waals surface area (Å²) in [5, 5.41) is 17.4. The Balaban J connectivity index is 1.51. The number of thiophene rings is 2. The van der Waals surface area contributed by atoms with Crippen LogP contribution in [0.4, 0.5) is 14.6 Å². The Morgan fingerprint density at radius 1 is 1.42 bits per heavy atom. The van der Waals surface area contributed by atoms with E-state index in [1.54, 1.807) is 11.3 Å². The summed E-state index contributed by atoms with van der Waals surface area (Å²) < 4.78 is 27.9. The number of hydrogen-bond donors (Lipinski definition) is 2. The number of nitrogens with one attached hydrogen (secondary N) is 1. The number of anilines is 1. The number of fused-ring (bicyclic) bond motifs is 1. The average molecular weight is 460 g/mol. The Morgan fingerprint density at radius 2 is 2.23 bits per heavy atom. The first-order chi connectivity index (χ1) is 12.4. The van der Waals surface area contributed by atoms with Crippen LogP contribution >= 0.6 is 38.6 Å². The molecule has 1 unspecified atom stereocenters. The molecule has 0 spiro atoms. The highest BCUT2D eigenvalue weighted by molar-refractivity contribution is 9.10. The molecule has 0 amide bonds. The SMILES string of the molecule is N[C@H](Cc1sc2c(NCc3cccs3)nnnc2c1Br)CC1CC1(F)F. The summed E-state index contributed by atoms with van der Waals surface area (Å²) in [5.41, 5.74) is 6.83. The largest absolute Gasteiger partial charge is 0.362 e. The van der Waals surface area contributed by atoms with Crippen molar-refractivity contribution in [3.63, 3.8) is 0 Å². The number of rotatable bonds is 7. The topological polar surface area (TPSA) is 76.7 Å². The summed E-state index contributed by atoms with van der Waals surface area (Å²) in [4.78, 5) is 2.18. The van der Waals surface area contributed by atoms with E-state index in [4.69, 9.17) is 5.73 Å². The summed E-state index contributed by atoms with van der Waals surface area (Å²) in [7, 11) is 0. The van der Waals surface area contributed by atoms with Crippen LogP contribution in [0.15, 0.2) is 22.0 Å². The van der Waals surface area contributed by atoms with Gasteiger partial charge in [0.2, 0.25) is 0 Å². The van der Waals surface area contributed by atoms with Gasteiger partial charge < -0.3 is 11.1 Å². The zero-order chi connectivity index (χ0) is 18.3. The van der Waals surface area contributed by atoms with Crippen LogP contribution in [0.2, 0.25) is 0 Å². The Bertz CT molecular complexity index is 915. The number of nitrogens with zero attached hydrogens (tertiary/aromatic N) is 3. The van der Waals surface area contributed by atoms with Crippen LogP contribution < -0.4 is 11.1 Å². The highest BCUT2D eigenvalue weighted by atomic mass is 79.9. The molecule has 1 fully saturated rings. The zero-order valence-corrected chi connectivity index (χ0v) is 16.8. The molecule has 1 aliphatic rings. The number of hydrogen-bond acceptors (Lipinski definition) is 7. The van der Waals surface area contributed by atoms with Gasteiger partial charge in [0, 0.05) is 28.1 Å². The lowest BCUT2D eigenvalue weighted by Crippen LogP contribution is -2.24. The molecule has 0 radical (unpaired) electrons. The van der Waals surface area contributed by atoms with E-state index in [1.165, 1.54) is 16.2 Å². The molecule has 3 heterocycles. The third kappa shape index (κ3) is 3.73. The van der Waals surface area contributed by atoms with Crippen molar-refractivity contribution in [2.24, 2.45) is 11.7 Å².